The number of thioether (sulfide) groups is 1. The fraction of sp³-hybridized carbons (Fsp3) is 0.158. The molecule has 0 aliphatic carbocycles. The van der Waals surface area contributed by atoms with E-state index in [0.717, 1.165) is 17.3 Å². The van der Waals surface area contributed by atoms with Crippen molar-refractivity contribution < 1.29 is 22.1 Å². The van der Waals surface area contributed by atoms with Crippen LogP contribution in [0, 0.1) is 6.92 Å². The van der Waals surface area contributed by atoms with Gasteiger partial charge in [0.25, 0.3) is 5.91 Å². The van der Waals surface area contributed by atoms with E-state index in [1.807, 2.05) is 6.92 Å². The Balaban J connectivity index is 2.01. The van der Waals surface area contributed by atoms with Crippen molar-refractivity contribution >= 4 is 50.4 Å². The average Bonchev–Trinajstić information content (AvgIpc) is 2.90. The molecule has 2 aromatic rings. The second-order valence-corrected chi connectivity index (χ2v) is 9.22. The molecule has 146 valence electrons. The van der Waals surface area contributed by atoms with Gasteiger partial charge in [-0.25, -0.2) is 0 Å². The zero-order valence-corrected chi connectivity index (χ0v) is 17.8. The zero-order chi connectivity index (χ0) is 20.5. The molecule has 1 fully saturated rings. The van der Waals surface area contributed by atoms with Crippen LogP contribution < -0.4 is 8.92 Å². The van der Waals surface area contributed by atoms with Crippen molar-refractivity contribution in [1.29, 1.82) is 0 Å². The van der Waals surface area contributed by atoms with E-state index < -0.39 is 10.1 Å². The van der Waals surface area contributed by atoms with Gasteiger partial charge in [-0.15, -0.1) is 0 Å². The number of aryl methyl sites for hydroxylation is 1. The van der Waals surface area contributed by atoms with Crippen LogP contribution in [0.3, 0.4) is 0 Å². The first-order chi connectivity index (χ1) is 13.2. The highest BCUT2D eigenvalue weighted by Crippen LogP contribution is 2.35. The summed E-state index contributed by atoms with van der Waals surface area (Å²) in [6.45, 7) is 1.86. The summed E-state index contributed by atoms with van der Waals surface area (Å²) in [5, 5.41) is 0. The predicted molar refractivity (Wildman–Crippen MR) is 113 cm³/mol. The Morgan fingerprint density at radius 1 is 1.14 bits per heavy atom. The monoisotopic (exact) mass is 435 g/mol. The highest BCUT2D eigenvalue weighted by molar-refractivity contribution is 8.26. The first kappa shape index (κ1) is 20.4. The molecule has 3 rings (SSSR count). The fourth-order valence-electron chi connectivity index (χ4n) is 2.40. The Bertz CT molecular complexity index is 1080. The van der Waals surface area contributed by atoms with Gasteiger partial charge in [-0.3, -0.25) is 9.69 Å². The molecule has 0 unspecified atom stereocenters. The quantitative estimate of drug-likeness (QED) is 0.404. The van der Waals surface area contributed by atoms with Crippen LogP contribution >= 0.6 is 24.0 Å². The van der Waals surface area contributed by atoms with E-state index in [0.29, 0.717) is 20.5 Å². The van der Waals surface area contributed by atoms with E-state index in [1.54, 1.807) is 37.4 Å². The van der Waals surface area contributed by atoms with Gasteiger partial charge in [-0.1, -0.05) is 41.7 Å². The van der Waals surface area contributed by atoms with Crippen molar-refractivity contribution in [2.24, 2.45) is 0 Å². The van der Waals surface area contributed by atoms with Crippen LogP contribution in [0.1, 0.15) is 11.1 Å². The maximum absolute atomic E-state index is 12.6. The van der Waals surface area contributed by atoms with E-state index in [-0.39, 0.29) is 16.6 Å². The second kappa shape index (κ2) is 7.94. The summed E-state index contributed by atoms with van der Waals surface area (Å²) in [4.78, 5) is 14.1. The fourth-order valence-corrected chi connectivity index (χ4v) is 4.52. The van der Waals surface area contributed by atoms with Crippen LogP contribution in [0.5, 0.6) is 11.5 Å². The molecule has 2 aromatic carbocycles. The number of likely N-dealkylation sites (N-methyl/N-ethyl adjacent to an activating group) is 1. The molecule has 1 aliphatic heterocycles. The molecule has 0 bridgehead atoms. The molecular formula is C19H17NO5S3. The number of hydrogen-bond donors (Lipinski definition) is 0. The number of methoxy groups -OCH3 is 1. The molecule has 6 nitrogen and oxygen atoms in total. The Morgan fingerprint density at radius 3 is 2.39 bits per heavy atom. The van der Waals surface area contributed by atoms with Gasteiger partial charge in [0.15, 0.2) is 5.75 Å². The van der Waals surface area contributed by atoms with Crippen LogP contribution in [-0.4, -0.2) is 37.7 Å². The number of nitrogens with zero attached hydrogens (tertiary/aromatic N) is 1. The standard InChI is InChI=1S/C19H17NO5S3/c1-12-4-7-15(8-5-12)28(22,23)25-16-9-6-14(24-3)10-13(16)11-17-18(21)20(2)19(26)27-17/h4-11H,1-3H3. The Hall–Kier alpha value is -2.36. The lowest BCUT2D eigenvalue weighted by Crippen LogP contribution is -2.22. The third kappa shape index (κ3) is 4.21. The third-order valence-electron chi connectivity index (χ3n) is 4.00. The number of carbonyl (C=O) groups excluding carboxylic acids is 1. The molecular weight excluding hydrogens is 418 g/mol. The van der Waals surface area contributed by atoms with Gasteiger partial charge < -0.3 is 8.92 Å². The van der Waals surface area contributed by atoms with Crippen LogP contribution in [0.25, 0.3) is 6.08 Å². The number of carbonyl (C=O) groups is 1. The van der Waals surface area contributed by atoms with Crippen LogP contribution in [0.15, 0.2) is 52.3 Å². The highest BCUT2D eigenvalue weighted by atomic mass is 32.2. The van der Waals surface area contributed by atoms with Crippen LogP contribution in [-0.2, 0) is 14.9 Å². The molecule has 9 heteroatoms. The minimum absolute atomic E-state index is 0.0414. The molecule has 0 N–H and O–H groups in total. The molecule has 1 aliphatic rings. The maximum atomic E-state index is 12.6. The molecule has 0 saturated carbocycles. The Morgan fingerprint density at radius 2 is 1.82 bits per heavy atom. The summed E-state index contributed by atoms with van der Waals surface area (Å²) in [6, 6.07) is 11.0. The highest BCUT2D eigenvalue weighted by Gasteiger charge is 2.29. The van der Waals surface area contributed by atoms with Crippen LogP contribution in [0.2, 0.25) is 0 Å². The first-order valence-corrected chi connectivity index (χ1v) is 10.8. The first-order valence-electron chi connectivity index (χ1n) is 8.12. The number of rotatable bonds is 5. The van der Waals surface area contributed by atoms with Crippen LogP contribution in [0.4, 0.5) is 0 Å². The zero-order valence-electron chi connectivity index (χ0n) is 15.3. The molecule has 28 heavy (non-hydrogen) atoms. The molecule has 1 saturated heterocycles. The van der Waals surface area contributed by atoms with E-state index in [4.69, 9.17) is 21.1 Å². The lowest BCUT2D eigenvalue weighted by Gasteiger charge is -2.11. The van der Waals surface area contributed by atoms with Gasteiger partial charge in [-0.05, 0) is 43.3 Å². The van der Waals surface area contributed by atoms with Crippen molar-refractivity contribution in [3.05, 3.63) is 58.5 Å². The van der Waals surface area contributed by atoms with Gasteiger partial charge in [0.1, 0.15) is 15.0 Å². The summed E-state index contributed by atoms with van der Waals surface area (Å²) >= 11 is 6.27. The summed E-state index contributed by atoms with van der Waals surface area (Å²) in [7, 11) is -0.958. The minimum atomic E-state index is -4.04. The van der Waals surface area contributed by atoms with E-state index >= 15 is 0 Å². The lowest BCUT2D eigenvalue weighted by atomic mass is 10.1. The van der Waals surface area contributed by atoms with E-state index in [1.165, 1.54) is 30.2 Å². The number of thiocarbonyl (C=S) groups is 1. The summed E-state index contributed by atoms with van der Waals surface area (Å²) < 4.78 is 36.3. The smallest absolute Gasteiger partial charge is 0.339 e. The number of benzene rings is 2. The summed E-state index contributed by atoms with van der Waals surface area (Å²) in [5.41, 5.74) is 1.33. The van der Waals surface area contributed by atoms with Gasteiger partial charge in [0.2, 0.25) is 0 Å². The van der Waals surface area contributed by atoms with E-state index in [9.17, 15) is 13.2 Å². The summed E-state index contributed by atoms with van der Waals surface area (Å²) in [6.07, 6.45) is 1.55. The van der Waals surface area contributed by atoms with Crippen molar-refractivity contribution in [3.63, 3.8) is 0 Å². The number of hydrogen-bond acceptors (Lipinski definition) is 7. The SMILES string of the molecule is COc1ccc(OS(=O)(=O)c2ccc(C)cc2)c(C=C2SC(=S)N(C)C2=O)c1. The van der Waals surface area contributed by atoms with Crippen molar-refractivity contribution in [2.75, 3.05) is 14.2 Å². The van der Waals surface area contributed by atoms with Crippen molar-refractivity contribution in [3.8, 4) is 11.5 Å². The topological polar surface area (TPSA) is 72.9 Å². The number of amides is 1. The average molecular weight is 436 g/mol. The largest absolute Gasteiger partial charge is 0.497 e. The molecule has 0 radical (unpaired) electrons. The van der Waals surface area contributed by atoms with Crippen molar-refractivity contribution in [1.82, 2.24) is 4.90 Å². The van der Waals surface area contributed by atoms with Gasteiger partial charge in [-0.2, -0.15) is 8.42 Å². The van der Waals surface area contributed by atoms with Gasteiger partial charge in [0, 0.05) is 12.6 Å². The lowest BCUT2D eigenvalue weighted by molar-refractivity contribution is -0.121. The summed E-state index contributed by atoms with van der Waals surface area (Å²) in [5.74, 6) is 0.325. The van der Waals surface area contributed by atoms with Gasteiger partial charge >= 0.3 is 10.1 Å². The van der Waals surface area contributed by atoms with Gasteiger partial charge in [0.05, 0.1) is 12.0 Å². The van der Waals surface area contributed by atoms with Crippen molar-refractivity contribution in [2.45, 2.75) is 11.8 Å². The molecule has 0 atom stereocenters. The maximum Gasteiger partial charge on any atom is 0.339 e. The predicted octanol–water partition coefficient (Wildman–Crippen LogP) is 3.60. The Kier molecular flexibility index (Phi) is 5.78. The normalized spacial score (nSPS) is 16.0. The van der Waals surface area contributed by atoms with E-state index in [2.05, 4.69) is 0 Å². The molecule has 0 spiro atoms. The molecule has 1 amide bonds. The molecule has 0 aromatic heterocycles. The third-order valence-corrected chi connectivity index (χ3v) is 6.73. The minimum Gasteiger partial charge on any atom is -0.497 e. The Labute approximate surface area is 173 Å². The second-order valence-electron chi connectivity index (χ2n) is 5.99. The number of ether oxygens (including phenoxy) is 1. The molecule has 1 heterocycles.